The maximum absolute atomic E-state index is 12.8. The highest BCUT2D eigenvalue weighted by Crippen LogP contribution is 2.37. The molecule has 2 rings (SSSR count). The summed E-state index contributed by atoms with van der Waals surface area (Å²) in [6.07, 6.45) is 0.906. The second-order valence-corrected chi connectivity index (χ2v) is 6.21. The molecule has 1 aliphatic rings. The topological polar surface area (TPSA) is 48.0 Å². The van der Waals surface area contributed by atoms with Crippen LogP contribution in [0.25, 0.3) is 0 Å². The Kier molecular flexibility index (Phi) is 6.13. The fourth-order valence-corrected chi connectivity index (χ4v) is 2.98. The van der Waals surface area contributed by atoms with Crippen LogP contribution in [0, 0.1) is 0 Å². The van der Waals surface area contributed by atoms with Crippen molar-refractivity contribution in [3.63, 3.8) is 0 Å². The van der Waals surface area contributed by atoms with Crippen molar-refractivity contribution in [1.82, 2.24) is 4.90 Å². The zero-order valence-electron chi connectivity index (χ0n) is 14.1. The van der Waals surface area contributed by atoms with Gasteiger partial charge in [0.2, 0.25) is 0 Å². The summed E-state index contributed by atoms with van der Waals surface area (Å²) in [5.74, 6) is 0.883. The SMILES string of the molecule is CCCOc1c(Cl)cc(C(=O)N2CC(C)OC(C)C2)cc1OC. The van der Waals surface area contributed by atoms with E-state index in [0.717, 1.165) is 6.42 Å². The van der Waals surface area contributed by atoms with E-state index in [1.807, 2.05) is 20.8 Å². The largest absolute Gasteiger partial charge is 0.493 e. The van der Waals surface area contributed by atoms with Gasteiger partial charge in [0.25, 0.3) is 5.91 Å². The summed E-state index contributed by atoms with van der Waals surface area (Å²) >= 11 is 6.29. The summed E-state index contributed by atoms with van der Waals surface area (Å²) in [5, 5.41) is 0.385. The van der Waals surface area contributed by atoms with Gasteiger partial charge in [0.05, 0.1) is 30.9 Å². The van der Waals surface area contributed by atoms with Crippen molar-refractivity contribution in [3.05, 3.63) is 22.7 Å². The van der Waals surface area contributed by atoms with E-state index in [2.05, 4.69) is 0 Å². The molecule has 0 spiro atoms. The molecule has 0 aliphatic carbocycles. The van der Waals surface area contributed by atoms with Gasteiger partial charge in [0.15, 0.2) is 11.5 Å². The van der Waals surface area contributed by atoms with Gasteiger partial charge in [0, 0.05) is 18.7 Å². The Morgan fingerprint density at radius 1 is 1.35 bits per heavy atom. The average Bonchev–Trinajstić information content (AvgIpc) is 2.51. The highest BCUT2D eigenvalue weighted by Gasteiger charge is 2.27. The molecule has 0 aromatic heterocycles. The predicted octanol–water partition coefficient (Wildman–Crippen LogP) is 3.39. The van der Waals surface area contributed by atoms with Crippen molar-refractivity contribution in [2.24, 2.45) is 0 Å². The summed E-state index contributed by atoms with van der Waals surface area (Å²) < 4.78 is 16.6. The van der Waals surface area contributed by atoms with Crippen LogP contribution in [-0.4, -0.2) is 49.8 Å². The summed E-state index contributed by atoms with van der Waals surface area (Å²) in [5.41, 5.74) is 0.497. The van der Waals surface area contributed by atoms with Gasteiger partial charge < -0.3 is 19.1 Å². The summed E-state index contributed by atoms with van der Waals surface area (Å²) in [6, 6.07) is 3.33. The first kappa shape index (κ1) is 17.9. The lowest BCUT2D eigenvalue weighted by Crippen LogP contribution is -2.48. The van der Waals surface area contributed by atoms with Crippen molar-refractivity contribution in [2.75, 3.05) is 26.8 Å². The molecule has 1 aromatic carbocycles. The maximum Gasteiger partial charge on any atom is 0.254 e. The first-order chi connectivity index (χ1) is 11.0. The quantitative estimate of drug-likeness (QED) is 0.823. The van der Waals surface area contributed by atoms with Crippen molar-refractivity contribution < 1.29 is 19.0 Å². The summed E-state index contributed by atoms with van der Waals surface area (Å²) in [4.78, 5) is 14.5. The molecular formula is C17H24ClNO4. The van der Waals surface area contributed by atoms with E-state index in [0.29, 0.717) is 41.8 Å². The Morgan fingerprint density at radius 3 is 2.57 bits per heavy atom. The summed E-state index contributed by atoms with van der Waals surface area (Å²) in [7, 11) is 1.54. The molecule has 1 amide bonds. The van der Waals surface area contributed by atoms with E-state index in [9.17, 15) is 4.79 Å². The van der Waals surface area contributed by atoms with Crippen molar-refractivity contribution in [2.45, 2.75) is 39.4 Å². The molecule has 2 atom stereocenters. The van der Waals surface area contributed by atoms with Crippen LogP contribution >= 0.6 is 11.6 Å². The first-order valence-electron chi connectivity index (χ1n) is 7.91. The number of methoxy groups -OCH3 is 1. The molecule has 0 saturated carbocycles. The monoisotopic (exact) mass is 341 g/mol. The van der Waals surface area contributed by atoms with Crippen molar-refractivity contribution >= 4 is 17.5 Å². The number of halogens is 1. The van der Waals surface area contributed by atoms with E-state index in [1.54, 1.807) is 17.0 Å². The lowest BCUT2D eigenvalue weighted by molar-refractivity contribution is -0.0586. The molecule has 1 aromatic rings. The standard InChI is InChI=1S/C17H24ClNO4/c1-5-6-22-16-14(18)7-13(8-15(16)21-4)17(20)19-9-11(2)23-12(3)10-19/h7-8,11-12H,5-6,9-10H2,1-4H3. The molecule has 6 heteroatoms. The molecule has 1 saturated heterocycles. The second-order valence-electron chi connectivity index (χ2n) is 5.81. The Balaban J connectivity index is 2.25. The zero-order valence-corrected chi connectivity index (χ0v) is 14.9. The van der Waals surface area contributed by atoms with Gasteiger partial charge in [-0.1, -0.05) is 18.5 Å². The van der Waals surface area contributed by atoms with Crippen molar-refractivity contribution in [1.29, 1.82) is 0 Å². The number of benzene rings is 1. The maximum atomic E-state index is 12.8. The third-order valence-corrected chi connectivity index (χ3v) is 3.91. The van der Waals surface area contributed by atoms with Gasteiger partial charge in [-0.05, 0) is 32.4 Å². The predicted molar refractivity (Wildman–Crippen MR) is 89.7 cm³/mol. The van der Waals surface area contributed by atoms with E-state index in [4.69, 9.17) is 25.8 Å². The average molecular weight is 342 g/mol. The minimum absolute atomic E-state index is 0.0206. The van der Waals surface area contributed by atoms with Gasteiger partial charge in [-0.15, -0.1) is 0 Å². The smallest absolute Gasteiger partial charge is 0.254 e. The third kappa shape index (κ3) is 4.30. The highest BCUT2D eigenvalue weighted by molar-refractivity contribution is 6.32. The second kappa shape index (κ2) is 7.88. The number of hydrogen-bond donors (Lipinski definition) is 0. The minimum Gasteiger partial charge on any atom is -0.493 e. The Hall–Kier alpha value is -1.46. The van der Waals surface area contributed by atoms with Gasteiger partial charge in [-0.25, -0.2) is 0 Å². The minimum atomic E-state index is -0.0748. The molecule has 2 unspecified atom stereocenters. The molecular weight excluding hydrogens is 318 g/mol. The number of ether oxygens (including phenoxy) is 3. The van der Waals surface area contributed by atoms with E-state index >= 15 is 0 Å². The summed E-state index contributed by atoms with van der Waals surface area (Å²) in [6.45, 7) is 7.62. The van der Waals surface area contributed by atoms with Crippen LogP contribution in [-0.2, 0) is 4.74 Å². The van der Waals surface area contributed by atoms with Gasteiger partial charge in [-0.3, -0.25) is 4.79 Å². The van der Waals surface area contributed by atoms with Crippen LogP contribution in [0.5, 0.6) is 11.5 Å². The molecule has 0 bridgehead atoms. The Labute approximate surface area is 142 Å². The van der Waals surface area contributed by atoms with E-state index in [1.165, 1.54) is 7.11 Å². The van der Waals surface area contributed by atoms with Gasteiger partial charge in [0.1, 0.15) is 0 Å². The Morgan fingerprint density at radius 2 is 2.00 bits per heavy atom. The molecule has 1 heterocycles. The van der Waals surface area contributed by atoms with Crippen LogP contribution in [0.4, 0.5) is 0 Å². The number of carbonyl (C=O) groups excluding carboxylic acids is 1. The van der Waals surface area contributed by atoms with Crippen LogP contribution in [0.1, 0.15) is 37.6 Å². The molecule has 1 fully saturated rings. The highest BCUT2D eigenvalue weighted by atomic mass is 35.5. The van der Waals surface area contributed by atoms with Crippen LogP contribution in [0.3, 0.4) is 0 Å². The number of hydrogen-bond acceptors (Lipinski definition) is 4. The molecule has 0 N–H and O–H groups in total. The normalized spacial score (nSPS) is 21.2. The lowest BCUT2D eigenvalue weighted by Gasteiger charge is -2.35. The number of nitrogens with zero attached hydrogens (tertiary/aromatic N) is 1. The lowest BCUT2D eigenvalue weighted by atomic mass is 10.1. The molecule has 0 radical (unpaired) electrons. The molecule has 23 heavy (non-hydrogen) atoms. The van der Waals surface area contributed by atoms with Gasteiger partial charge >= 0.3 is 0 Å². The number of amides is 1. The Bertz CT molecular complexity index is 554. The fourth-order valence-electron chi connectivity index (χ4n) is 2.71. The van der Waals surface area contributed by atoms with Crippen LogP contribution < -0.4 is 9.47 Å². The van der Waals surface area contributed by atoms with Gasteiger partial charge in [-0.2, -0.15) is 0 Å². The number of morpholine rings is 1. The van der Waals surface area contributed by atoms with E-state index < -0.39 is 0 Å². The first-order valence-corrected chi connectivity index (χ1v) is 8.29. The third-order valence-electron chi connectivity index (χ3n) is 3.63. The van der Waals surface area contributed by atoms with Crippen LogP contribution in [0.2, 0.25) is 5.02 Å². The van der Waals surface area contributed by atoms with Crippen molar-refractivity contribution in [3.8, 4) is 11.5 Å². The molecule has 128 valence electrons. The van der Waals surface area contributed by atoms with Crippen LogP contribution in [0.15, 0.2) is 12.1 Å². The van der Waals surface area contributed by atoms with E-state index in [-0.39, 0.29) is 18.1 Å². The fraction of sp³-hybridized carbons (Fsp3) is 0.588. The number of carbonyl (C=O) groups is 1. The zero-order chi connectivity index (χ0) is 17.0. The molecule has 5 nitrogen and oxygen atoms in total. The number of rotatable bonds is 5. The molecule has 1 aliphatic heterocycles.